The third kappa shape index (κ3) is 5.43. The predicted octanol–water partition coefficient (Wildman–Crippen LogP) is 12.8. The highest BCUT2D eigenvalue weighted by atomic mass is 14.9. The molecule has 9 rings (SSSR count). The number of rotatable bonds is 6. The van der Waals surface area contributed by atoms with Crippen molar-refractivity contribution < 1.29 is 0 Å². The molecule has 0 aliphatic carbocycles. The van der Waals surface area contributed by atoms with Crippen molar-refractivity contribution in [2.24, 2.45) is 0 Å². The Kier molecular flexibility index (Phi) is 7.53. The first-order valence-electron chi connectivity index (χ1n) is 17.0. The molecule has 0 saturated heterocycles. The maximum absolute atomic E-state index is 5.24. The van der Waals surface area contributed by atoms with Crippen molar-refractivity contribution in [3.05, 3.63) is 194 Å². The van der Waals surface area contributed by atoms with Gasteiger partial charge in [0.1, 0.15) is 0 Å². The van der Waals surface area contributed by atoms with Crippen LogP contribution in [0.5, 0.6) is 0 Å². The Labute approximate surface area is 292 Å². The molecule has 0 bridgehead atoms. The molecule has 1 aromatic heterocycles. The number of hydrogen-bond donors (Lipinski definition) is 0. The van der Waals surface area contributed by atoms with Crippen LogP contribution in [0.2, 0.25) is 0 Å². The summed E-state index contributed by atoms with van der Waals surface area (Å²) in [5, 5.41) is 4.94. The minimum atomic E-state index is 0.702. The normalized spacial score (nSPS) is 11.2. The van der Waals surface area contributed by atoms with E-state index < -0.39 is 0 Å². The van der Waals surface area contributed by atoms with Gasteiger partial charge in [0.05, 0.1) is 11.4 Å². The maximum Gasteiger partial charge on any atom is 0.160 e. The van der Waals surface area contributed by atoms with E-state index in [1.807, 2.05) is 12.1 Å². The molecule has 2 nitrogen and oxygen atoms in total. The second kappa shape index (κ2) is 12.8. The van der Waals surface area contributed by atoms with Crippen LogP contribution in [-0.2, 0) is 0 Å². The Hall–Kier alpha value is -6.64. The number of aromatic nitrogens is 2. The van der Waals surface area contributed by atoms with E-state index in [-0.39, 0.29) is 0 Å². The number of benzene rings is 8. The average Bonchev–Trinajstić information content (AvgIpc) is 3.21. The van der Waals surface area contributed by atoms with Gasteiger partial charge in [0.2, 0.25) is 0 Å². The Morgan fingerprint density at radius 1 is 0.240 bits per heavy atom. The summed E-state index contributed by atoms with van der Waals surface area (Å²) in [6.07, 6.45) is 0. The zero-order valence-electron chi connectivity index (χ0n) is 27.4. The lowest BCUT2D eigenvalue weighted by Gasteiger charge is -2.18. The first-order valence-corrected chi connectivity index (χ1v) is 17.0. The van der Waals surface area contributed by atoms with E-state index in [1.54, 1.807) is 0 Å². The minimum Gasteiger partial charge on any atom is -0.228 e. The molecule has 0 aliphatic heterocycles. The van der Waals surface area contributed by atoms with Crippen LogP contribution < -0.4 is 0 Å². The van der Waals surface area contributed by atoms with E-state index in [2.05, 4.69) is 182 Å². The fraction of sp³-hybridized carbons (Fsp3) is 0. The van der Waals surface area contributed by atoms with Crippen molar-refractivity contribution in [3.8, 4) is 67.3 Å². The van der Waals surface area contributed by atoms with Crippen molar-refractivity contribution in [2.45, 2.75) is 0 Å². The Bertz CT molecular complexity index is 2570. The highest BCUT2D eigenvalue weighted by Gasteiger charge is 2.18. The molecule has 50 heavy (non-hydrogen) atoms. The van der Waals surface area contributed by atoms with Crippen LogP contribution >= 0.6 is 0 Å². The van der Waals surface area contributed by atoms with Gasteiger partial charge in [-0.3, -0.25) is 0 Å². The monoisotopic (exact) mass is 636 g/mol. The van der Waals surface area contributed by atoms with E-state index in [1.165, 1.54) is 43.8 Å². The summed E-state index contributed by atoms with van der Waals surface area (Å²) >= 11 is 0. The van der Waals surface area contributed by atoms with Crippen molar-refractivity contribution in [2.75, 3.05) is 0 Å². The van der Waals surface area contributed by atoms with Gasteiger partial charge in [-0.25, -0.2) is 9.97 Å². The van der Waals surface area contributed by atoms with Crippen molar-refractivity contribution in [3.63, 3.8) is 0 Å². The Morgan fingerprint density at radius 3 is 1.20 bits per heavy atom. The summed E-state index contributed by atoms with van der Waals surface area (Å²) < 4.78 is 0. The molecule has 0 aliphatic rings. The van der Waals surface area contributed by atoms with Crippen molar-refractivity contribution >= 4 is 21.5 Å². The van der Waals surface area contributed by atoms with Crippen LogP contribution in [0.15, 0.2) is 194 Å². The SMILES string of the molecule is c1ccc(-c2cccc(-c3nc(-c4ccccc4)cc(-c4cccc(-c5c6ccccc6c(-c6ccccc6)c6ccccc56)c4)n3)c2)cc1. The molecule has 0 saturated carbocycles. The molecule has 2 heteroatoms. The smallest absolute Gasteiger partial charge is 0.160 e. The quantitative estimate of drug-likeness (QED) is 0.170. The summed E-state index contributed by atoms with van der Waals surface area (Å²) in [4.78, 5) is 10.4. The standard InChI is InChI=1S/C48H32N2/c1-4-16-33(17-5-1)36-22-14-25-39(30-36)48-49-44(34-18-6-2-7-19-34)32-45(50-48)37-23-15-24-38(31-37)47-42-28-12-10-26-40(42)46(35-20-8-3-9-21-35)41-27-11-13-29-43(41)47/h1-32H. The molecule has 0 N–H and O–H groups in total. The van der Waals surface area contributed by atoms with E-state index in [0.29, 0.717) is 5.82 Å². The second-order valence-corrected chi connectivity index (χ2v) is 12.6. The van der Waals surface area contributed by atoms with Crippen LogP contribution in [0.25, 0.3) is 88.8 Å². The van der Waals surface area contributed by atoms with Gasteiger partial charge in [-0.2, -0.15) is 0 Å². The molecule has 0 fully saturated rings. The van der Waals surface area contributed by atoms with Gasteiger partial charge in [0.15, 0.2) is 5.82 Å². The highest BCUT2D eigenvalue weighted by Crippen LogP contribution is 2.44. The van der Waals surface area contributed by atoms with Crippen molar-refractivity contribution in [1.82, 2.24) is 9.97 Å². The van der Waals surface area contributed by atoms with Gasteiger partial charge in [0.25, 0.3) is 0 Å². The average molecular weight is 637 g/mol. The molecular formula is C48H32N2. The first kappa shape index (κ1) is 29.5. The fourth-order valence-electron chi connectivity index (χ4n) is 7.14. The molecule has 9 aromatic rings. The third-order valence-electron chi connectivity index (χ3n) is 9.46. The lowest BCUT2D eigenvalue weighted by molar-refractivity contribution is 1.18. The second-order valence-electron chi connectivity index (χ2n) is 12.6. The topological polar surface area (TPSA) is 25.8 Å². The molecule has 0 amide bonds. The van der Waals surface area contributed by atoms with Crippen LogP contribution in [0.3, 0.4) is 0 Å². The van der Waals surface area contributed by atoms with Gasteiger partial charge in [-0.05, 0) is 73.1 Å². The largest absolute Gasteiger partial charge is 0.228 e. The summed E-state index contributed by atoms with van der Waals surface area (Å²) in [5.41, 5.74) is 12.0. The Morgan fingerprint density at radius 2 is 0.620 bits per heavy atom. The lowest BCUT2D eigenvalue weighted by Crippen LogP contribution is -1.96. The van der Waals surface area contributed by atoms with E-state index in [0.717, 1.165) is 39.2 Å². The molecular weight excluding hydrogens is 605 g/mol. The first-order chi connectivity index (χ1) is 24.8. The molecule has 0 unspecified atom stereocenters. The summed E-state index contributed by atoms with van der Waals surface area (Å²) in [6, 6.07) is 68.6. The van der Waals surface area contributed by atoms with E-state index in [9.17, 15) is 0 Å². The van der Waals surface area contributed by atoms with Gasteiger partial charge < -0.3 is 0 Å². The van der Waals surface area contributed by atoms with E-state index in [4.69, 9.17) is 9.97 Å². The molecule has 8 aromatic carbocycles. The van der Waals surface area contributed by atoms with Crippen LogP contribution in [0, 0.1) is 0 Å². The summed E-state index contributed by atoms with van der Waals surface area (Å²) in [5.74, 6) is 0.702. The Balaban J connectivity index is 1.24. The maximum atomic E-state index is 5.24. The van der Waals surface area contributed by atoms with Crippen LogP contribution in [0.1, 0.15) is 0 Å². The highest BCUT2D eigenvalue weighted by molar-refractivity contribution is 6.21. The molecule has 234 valence electrons. The lowest BCUT2D eigenvalue weighted by atomic mass is 9.85. The third-order valence-corrected chi connectivity index (χ3v) is 9.46. The van der Waals surface area contributed by atoms with Gasteiger partial charge in [-0.1, -0.05) is 176 Å². The summed E-state index contributed by atoms with van der Waals surface area (Å²) in [7, 11) is 0. The fourth-order valence-corrected chi connectivity index (χ4v) is 7.14. The minimum absolute atomic E-state index is 0.702. The number of fused-ring (bicyclic) bond motifs is 2. The van der Waals surface area contributed by atoms with Crippen molar-refractivity contribution in [1.29, 1.82) is 0 Å². The zero-order chi connectivity index (χ0) is 33.3. The van der Waals surface area contributed by atoms with Crippen LogP contribution in [-0.4, -0.2) is 9.97 Å². The number of hydrogen-bond acceptors (Lipinski definition) is 2. The van der Waals surface area contributed by atoms with Gasteiger partial charge >= 0.3 is 0 Å². The molecule has 0 radical (unpaired) electrons. The van der Waals surface area contributed by atoms with Crippen LogP contribution in [0.4, 0.5) is 0 Å². The summed E-state index contributed by atoms with van der Waals surface area (Å²) in [6.45, 7) is 0. The van der Waals surface area contributed by atoms with Gasteiger partial charge in [0, 0.05) is 16.7 Å². The molecule has 0 spiro atoms. The molecule has 0 atom stereocenters. The zero-order valence-corrected chi connectivity index (χ0v) is 27.4. The van der Waals surface area contributed by atoms with E-state index >= 15 is 0 Å². The molecule has 1 heterocycles. The number of nitrogens with zero attached hydrogens (tertiary/aromatic N) is 2. The van der Waals surface area contributed by atoms with Gasteiger partial charge in [-0.15, -0.1) is 0 Å². The predicted molar refractivity (Wildman–Crippen MR) is 210 cm³/mol.